The molecule has 0 aromatic carbocycles. The van der Waals surface area contributed by atoms with Crippen molar-refractivity contribution in [3.8, 4) is 11.1 Å². The summed E-state index contributed by atoms with van der Waals surface area (Å²) in [5.41, 5.74) is 3.63. The first-order valence-corrected chi connectivity index (χ1v) is 11.7. The first-order chi connectivity index (χ1) is 16.2. The lowest BCUT2D eigenvalue weighted by Gasteiger charge is -2.29. The van der Waals surface area contributed by atoms with Gasteiger partial charge in [-0.2, -0.15) is 9.49 Å². The lowest BCUT2D eigenvalue weighted by Crippen LogP contribution is -2.43. The van der Waals surface area contributed by atoms with Gasteiger partial charge in [0.2, 0.25) is 11.9 Å². The van der Waals surface area contributed by atoms with Gasteiger partial charge in [0, 0.05) is 48.6 Å². The average Bonchev–Trinajstić information content (AvgIpc) is 3.18. The van der Waals surface area contributed by atoms with Crippen molar-refractivity contribution in [1.82, 2.24) is 25.2 Å². The van der Waals surface area contributed by atoms with E-state index in [0.29, 0.717) is 27.9 Å². The molecule has 0 spiro atoms. The van der Waals surface area contributed by atoms with E-state index in [1.165, 1.54) is 13.1 Å². The van der Waals surface area contributed by atoms with E-state index in [4.69, 9.17) is 0 Å². The molecule has 3 aromatic heterocycles. The zero-order valence-corrected chi connectivity index (χ0v) is 20.0. The van der Waals surface area contributed by atoms with Gasteiger partial charge in [0.05, 0.1) is 23.0 Å². The van der Waals surface area contributed by atoms with Gasteiger partial charge in [-0.15, -0.1) is 0 Å². The third-order valence-electron chi connectivity index (χ3n) is 6.19. The first kappa shape index (κ1) is 23.7. The highest BCUT2D eigenvalue weighted by Crippen LogP contribution is 2.32. The summed E-state index contributed by atoms with van der Waals surface area (Å²) in [6.07, 6.45) is 8.00. The predicted molar refractivity (Wildman–Crippen MR) is 129 cm³/mol. The largest absolute Gasteiger partial charge is 0.380 e. The number of nitrogens with one attached hydrogen (secondary N) is 3. The van der Waals surface area contributed by atoms with Crippen LogP contribution in [-0.2, 0) is 4.79 Å². The number of amides is 2. The molecule has 0 bridgehead atoms. The first-order valence-electron chi connectivity index (χ1n) is 11.7. The molecular weight excluding hydrogens is 435 g/mol. The molecule has 4 rings (SSSR count). The maximum atomic E-state index is 14.5. The number of aryl methyl sites for hydroxylation is 1. The molecule has 1 saturated carbocycles. The summed E-state index contributed by atoms with van der Waals surface area (Å²) in [4.78, 5) is 28.4. The van der Waals surface area contributed by atoms with Crippen molar-refractivity contribution in [2.45, 2.75) is 71.5 Å². The second kappa shape index (κ2) is 9.79. The number of anilines is 1. The third kappa shape index (κ3) is 5.03. The molecular formula is C25H31FN6O2. The van der Waals surface area contributed by atoms with Crippen molar-refractivity contribution in [2.24, 2.45) is 0 Å². The van der Waals surface area contributed by atoms with Crippen LogP contribution in [0.1, 0.15) is 62.4 Å². The molecule has 34 heavy (non-hydrogen) atoms. The van der Waals surface area contributed by atoms with Gasteiger partial charge in [0.15, 0.2) is 0 Å². The molecule has 1 aliphatic rings. The van der Waals surface area contributed by atoms with E-state index in [0.717, 1.165) is 31.2 Å². The Bertz CT molecular complexity index is 1190. The third-order valence-corrected chi connectivity index (χ3v) is 6.19. The number of nitrogens with zero attached hydrogens (tertiary/aromatic N) is 3. The minimum atomic E-state index is -0.540. The second-order valence-corrected chi connectivity index (χ2v) is 9.31. The number of hydrogen-bond acceptors (Lipinski definition) is 5. The Morgan fingerprint density at radius 3 is 2.44 bits per heavy atom. The van der Waals surface area contributed by atoms with Crippen molar-refractivity contribution in [3.63, 3.8) is 0 Å². The number of carbonyl (C=O) groups excluding carboxylic acids is 2. The van der Waals surface area contributed by atoms with E-state index >= 15 is 0 Å². The predicted octanol–water partition coefficient (Wildman–Crippen LogP) is 3.84. The quantitative estimate of drug-likeness (QED) is 0.479. The van der Waals surface area contributed by atoms with Crippen LogP contribution >= 0.6 is 0 Å². The fourth-order valence-electron chi connectivity index (χ4n) is 4.61. The Kier molecular flexibility index (Phi) is 6.81. The molecule has 8 nitrogen and oxygen atoms in total. The number of halogens is 1. The van der Waals surface area contributed by atoms with Gasteiger partial charge >= 0.3 is 0 Å². The summed E-state index contributed by atoms with van der Waals surface area (Å²) < 4.78 is 16.2. The highest BCUT2D eigenvalue weighted by molar-refractivity contribution is 6.03. The molecule has 2 amide bonds. The molecule has 0 aliphatic heterocycles. The smallest absolute Gasteiger partial charge is 0.255 e. The molecule has 180 valence electrons. The molecule has 3 heterocycles. The number of rotatable bonds is 6. The number of carbonyl (C=O) groups is 2. The minimum Gasteiger partial charge on any atom is -0.380 e. The van der Waals surface area contributed by atoms with Crippen molar-refractivity contribution in [1.29, 1.82) is 0 Å². The highest BCUT2D eigenvalue weighted by Gasteiger charge is 2.25. The zero-order chi connectivity index (χ0) is 24.4. The van der Waals surface area contributed by atoms with Crippen molar-refractivity contribution in [3.05, 3.63) is 47.8 Å². The van der Waals surface area contributed by atoms with Crippen molar-refractivity contribution in [2.75, 3.05) is 5.32 Å². The number of fused-ring (bicyclic) bond motifs is 1. The molecule has 3 aromatic rings. The fraction of sp³-hybridized carbons (Fsp3) is 0.440. The van der Waals surface area contributed by atoms with E-state index in [1.807, 2.05) is 26.8 Å². The maximum Gasteiger partial charge on any atom is 0.255 e. The van der Waals surface area contributed by atoms with Gasteiger partial charge < -0.3 is 16.0 Å². The van der Waals surface area contributed by atoms with E-state index in [-0.39, 0.29) is 29.9 Å². The summed E-state index contributed by atoms with van der Waals surface area (Å²) in [5, 5.41) is 13.9. The fourth-order valence-corrected chi connectivity index (χ4v) is 4.61. The zero-order valence-electron chi connectivity index (χ0n) is 20.0. The van der Waals surface area contributed by atoms with Gasteiger partial charge in [0.25, 0.3) is 5.91 Å². The summed E-state index contributed by atoms with van der Waals surface area (Å²) in [6.45, 7) is 7.35. The molecule has 0 saturated heterocycles. The summed E-state index contributed by atoms with van der Waals surface area (Å²) in [5.74, 6) is -0.765. The molecule has 0 radical (unpaired) electrons. The summed E-state index contributed by atoms with van der Waals surface area (Å²) in [6, 6.07) is 3.87. The van der Waals surface area contributed by atoms with Crippen LogP contribution in [0, 0.1) is 12.9 Å². The Balaban J connectivity index is 1.62. The van der Waals surface area contributed by atoms with Crippen LogP contribution < -0.4 is 16.0 Å². The Labute approximate surface area is 198 Å². The summed E-state index contributed by atoms with van der Waals surface area (Å²) >= 11 is 0. The normalized spacial score (nSPS) is 18.2. The Morgan fingerprint density at radius 2 is 1.82 bits per heavy atom. The van der Waals surface area contributed by atoms with Gasteiger partial charge in [-0.05, 0) is 64.2 Å². The van der Waals surface area contributed by atoms with Crippen LogP contribution in [0.4, 0.5) is 10.1 Å². The SMILES string of the molecule is CC(=O)N[C@H]1CC[C@H](NC(=O)c2cnn3cc(-c4c(C)ccnc4F)cc3c2NC(C)C)CC1. The minimum absolute atomic E-state index is 0.0239. The van der Waals surface area contributed by atoms with E-state index in [2.05, 4.69) is 26.0 Å². The van der Waals surface area contributed by atoms with E-state index < -0.39 is 5.95 Å². The molecule has 9 heteroatoms. The van der Waals surface area contributed by atoms with Gasteiger partial charge in [0.1, 0.15) is 0 Å². The maximum absolute atomic E-state index is 14.5. The molecule has 1 aliphatic carbocycles. The van der Waals surface area contributed by atoms with Crippen LogP contribution in [-0.4, -0.2) is 44.5 Å². The Morgan fingerprint density at radius 1 is 1.15 bits per heavy atom. The van der Waals surface area contributed by atoms with Gasteiger partial charge in [-0.3, -0.25) is 9.59 Å². The standard InChI is InChI=1S/C25H31FN6O2/c1-14(2)29-23-20(25(34)31-19-7-5-18(6-8-19)30-16(4)33)12-28-32-13-17(11-21(23)32)22-15(3)9-10-27-24(22)26/h9-14,18-19,29H,5-8H2,1-4H3,(H,30,33)(H,31,34)/t18-,19-. The van der Waals surface area contributed by atoms with Crippen molar-refractivity contribution < 1.29 is 14.0 Å². The lowest BCUT2D eigenvalue weighted by atomic mass is 9.91. The lowest BCUT2D eigenvalue weighted by molar-refractivity contribution is -0.119. The van der Waals surface area contributed by atoms with E-state index in [9.17, 15) is 14.0 Å². The van der Waals surface area contributed by atoms with Crippen LogP contribution in [0.15, 0.2) is 30.7 Å². The monoisotopic (exact) mass is 466 g/mol. The van der Waals surface area contributed by atoms with Crippen molar-refractivity contribution >= 4 is 23.0 Å². The highest BCUT2D eigenvalue weighted by atomic mass is 19.1. The topological polar surface area (TPSA) is 100 Å². The molecule has 0 atom stereocenters. The molecule has 3 N–H and O–H groups in total. The number of hydrogen-bond donors (Lipinski definition) is 3. The van der Waals surface area contributed by atoms with Crippen LogP contribution in [0.2, 0.25) is 0 Å². The van der Waals surface area contributed by atoms with Gasteiger partial charge in [-0.1, -0.05) is 0 Å². The molecule has 0 unspecified atom stereocenters. The van der Waals surface area contributed by atoms with Crippen LogP contribution in [0.5, 0.6) is 0 Å². The van der Waals surface area contributed by atoms with Gasteiger partial charge in [-0.25, -0.2) is 9.50 Å². The Hall–Kier alpha value is -3.49. The average molecular weight is 467 g/mol. The summed E-state index contributed by atoms with van der Waals surface area (Å²) in [7, 11) is 0. The number of aromatic nitrogens is 3. The van der Waals surface area contributed by atoms with Crippen LogP contribution in [0.3, 0.4) is 0 Å². The van der Waals surface area contributed by atoms with E-state index in [1.54, 1.807) is 23.0 Å². The van der Waals surface area contributed by atoms with Crippen LogP contribution in [0.25, 0.3) is 16.6 Å². The number of pyridine rings is 1. The second-order valence-electron chi connectivity index (χ2n) is 9.31. The molecule has 1 fully saturated rings.